The second-order valence-corrected chi connectivity index (χ2v) is 9.19. The molecule has 0 unspecified atom stereocenters. The Morgan fingerprint density at radius 3 is 2.50 bits per heavy atom. The lowest BCUT2D eigenvalue weighted by Gasteiger charge is -2.38. The number of nitrogens with zero attached hydrogens (tertiary/aromatic N) is 1. The summed E-state index contributed by atoms with van der Waals surface area (Å²) in [6, 6.07) is 6.19. The number of H-pyrrole nitrogens is 1. The SMILES string of the molecule is CCCCc1c(C)[nH]c(C(=O)OCC)c1OCCCCN1CCC(O)(c2ccc(F)cc2)CC1. The summed E-state index contributed by atoms with van der Waals surface area (Å²) in [5.74, 6) is -0.00861. The molecule has 3 rings (SSSR count). The molecule has 0 aliphatic carbocycles. The molecule has 1 aliphatic heterocycles. The van der Waals surface area contributed by atoms with Crippen molar-refractivity contribution in [2.45, 2.75) is 71.3 Å². The Morgan fingerprint density at radius 1 is 1.15 bits per heavy atom. The van der Waals surface area contributed by atoms with Crippen molar-refractivity contribution in [2.75, 3.05) is 32.8 Å². The van der Waals surface area contributed by atoms with Crippen molar-refractivity contribution in [1.29, 1.82) is 0 Å². The number of halogens is 1. The zero-order valence-electron chi connectivity index (χ0n) is 20.8. The highest BCUT2D eigenvalue weighted by atomic mass is 19.1. The van der Waals surface area contributed by atoms with Crippen LogP contribution < -0.4 is 4.74 Å². The van der Waals surface area contributed by atoms with Gasteiger partial charge in [-0.05, 0) is 76.6 Å². The fourth-order valence-electron chi connectivity index (χ4n) is 4.61. The minimum atomic E-state index is -0.877. The molecule has 2 heterocycles. The third-order valence-electron chi connectivity index (χ3n) is 6.71. The number of aromatic amines is 1. The monoisotopic (exact) mass is 474 g/mol. The Morgan fingerprint density at radius 2 is 1.85 bits per heavy atom. The normalized spacial score (nSPS) is 15.9. The van der Waals surface area contributed by atoms with E-state index in [1.54, 1.807) is 19.1 Å². The fourth-order valence-corrected chi connectivity index (χ4v) is 4.61. The first-order chi connectivity index (χ1) is 16.4. The van der Waals surface area contributed by atoms with Crippen LogP contribution in [0.1, 0.15) is 79.7 Å². The Balaban J connectivity index is 1.47. The van der Waals surface area contributed by atoms with Crippen LogP contribution in [0.25, 0.3) is 0 Å². The van der Waals surface area contributed by atoms with Crippen LogP contribution in [-0.4, -0.2) is 53.8 Å². The lowest BCUT2D eigenvalue weighted by molar-refractivity contribution is -0.0262. The largest absolute Gasteiger partial charge is 0.491 e. The molecule has 2 aromatic rings. The summed E-state index contributed by atoms with van der Waals surface area (Å²) in [6.45, 7) is 9.33. The average molecular weight is 475 g/mol. The molecule has 0 amide bonds. The quantitative estimate of drug-likeness (QED) is 0.330. The predicted molar refractivity (Wildman–Crippen MR) is 131 cm³/mol. The van der Waals surface area contributed by atoms with E-state index in [2.05, 4.69) is 16.8 Å². The van der Waals surface area contributed by atoms with Crippen LogP contribution in [0.15, 0.2) is 24.3 Å². The van der Waals surface area contributed by atoms with Gasteiger partial charge < -0.3 is 24.5 Å². The molecule has 1 aliphatic rings. The van der Waals surface area contributed by atoms with E-state index in [-0.39, 0.29) is 11.8 Å². The van der Waals surface area contributed by atoms with Crippen molar-refractivity contribution in [3.63, 3.8) is 0 Å². The molecule has 0 bridgehead atoms. The van der Waals surface area contributed by atoms with Gasteiger partial charge in [0.15, 0.2) is 11.4 Å². The number of piperidine rings is 1. The van der Waals surface area contributed by atoms with Crippen LogP contribution in [0.5, 0.6) is 5.75 Å². The van der Waals surface area contributed by atoms with Crippen LogP contribution in [0.4, 0.5) is 4.39 Å². The summed E-state index contributed by atoms with van der Waals surface area (Å²) >= 11 is 0. The molecule has 188 valence electrons. The second-order valence-electron chi connectivity index (χ2n) is 9.19. The zero-order valence-corrected chi connectivity index (χ0v) is 20.8. The van der Waals surface area contributed by atoms with Gasteiger partial charge in [0, 0.05) is 24.3 Å². The summed E-state index contributed by atoms with van der Waals surface area (Å²) in [4.78, 5) is 17.9. The number of hydrogen-bond donors (Lipinski definition) is 2. The van der Waals surface area contributed by atoms with Gasteiger partial charge in [-0.1, -0.05) is 25.5 Å². The lowest BCUT2D eigenvalue weighted by atomic mass is 9.84. The molecule has 2 N–H and O–H groups in total. The van der Waals surface area contributed by atoms with Gasteiger partial charge in [-0.15, -0.1) is 0 Å². The van der Waals surface area contributed by atoms with E-state index in [1.807, 2.05) is 6.92 Å². The predicted octanol–water partition coefficient (Wildman–Crippen LogP) is 5.12. The van der Waals surface area contributed by atoms with Crippen molar-refractivity contribution < 1.29 is 23.8 Å². The van der Waals surface area contributed by atoms with Crippen molar-refractivity contribution in [1.82, 2.24) is 9.88 Å². The molecule has 7 heteroatoms. The third-order valence-corrected chi connectivity index (χ3v) is 6.71. The number of aromatic nitrogens is 1. The summed E-state index contributed by atoms with van der Waals surface area (Å²) < 4.78 is 24.5. The molecule has 0 saturated carbocycles. The minimum absolute atomic E-state index is 0.284. The number of aliphatic hydroxyl groups is 1. The first kappa shape index (κ1) is 26.2. The van der Waals surface area contributed by atoms with Crippen molar-refractivity contribution in [3.8, 4) is 5.75 Å². The van der Waals surface area contributed by atoms with Crippen LogP contribution in [0, 0.1) is 12.7 Å². The van der Waals surface area contributed by atoms with Crippen LogP contribution >= 0.6 is 0 Å². The van der Waals surface area contributed by atoms with Gasteiger partial charge in [0.1, 0.15) is 5.82 Å². The second kappa shape index (κ2) is 12.4. The van der Waals surface area contributed by atoms with Crippen molar-refractivity contribution in [2.24, 2.45) is 0 Å². The molecule has 34 heavy (non-hydrogen) atoms. The van der Waals surface area contributed by atoms with Crippen molar-refractivity contribution in [3.05, 3.63) is 52.6 Å². The smallest absolute Gasteiger partial charge is 0.358 e. The van der Waals surface area contributed by atoms with Gasteiger partial charge in [0.2, 0.25) is 0 Å². The summed E-state index contributed by atoms with van der Waals surface area (Å²) in [7, 11) is 0. The third kappa shape index (κ3) is 6.60. The van der Waals surface area contributed by atoms with Gasteiger partial charge in [0.25, 0.3) is 0 Å². The number of carbonyl (C=O) groups is 1. The number of benzene rings is 1. The van der Waals surface area contributed by atoms with E-state index in [4.69, 9.17) is 9.47 Å². The van der Waals surface area contributed by atoms with Gasteiger partial charge in [-0.2, -0.15) is 0 Å². The average Bonchev–Trinajstić information content (AvgIpc) is 3.14. The fraction of sp³-hybridized carbons (Fsp3) is 0.593. The highest BCUT2D eigenvalue weighted by molar-refractivity contribution is 5.91. The van der Waals surface area contributed by atoms with E-state index in [1.165, 1.54) is 12.1 Å². The Hall–Kier alpha value is -2.38. The number of esters is 1. The summed E-state index contributed by atoms with van der Waals surface area (Å²) in [5, 5.41) is 11.0. The van der Waals surface area contributed by atoms with Crippen LogP contribution in [-0.2, 0) is 16.8 Å². The van der Waals surface area contributed by atoms with E-state index in [0.717, 1.165) is 68.6 Å². The number of likely N-dealkylation sites (tertiary alicyclic amines) is 1. The molecule has 1 aromatic carbocycles. The summed E-state index contributed by atoms with van der Waals surface area (Å²) in [6.07, 6.45) is 6.11. The molecule has 0 spiro atoms. The first-order valence-electron chi connectivity index (χ1n) is 12.6. The molecular weight excluding hydrogens is 435 g/mol. The first-order valence-corrected chi connectivity index (χ1v) is 12.6. The summed E-state index contributed by atoms with van der Waals surface area (Å²) in [5.41, 5.74) is 2.37. The van der Waals surface area contributed by atoms with E-state index >= 15 is 0 Å². The Bertz CT molecular complexity index is 917. The zero-order chi connectivity index (χ0) is 24.6. The molecular formula is C27H39FN2O4. The number of nitrogens with one attached hydrogen (secondary N) is 1. The number of unbranched alkanes of at least 4 members (excludes halogenated alkanes) is 2. The Kier molecular flexibility index (Phi) is 9.54. The molecule has 1 aromatic heterocycles. The molecule has 0 radical (unpaired) electrons. The number of ether oxygens (including phenoxy) is 2. The molecule has 6 nitrogen and oxygen atoms in total. The molecule has 1 fully saturated rings. The highest BCUT2D eigenvalue weighted by Crippen LogP contribution is 2.33. The molecule has 0 atom stereocenters. The topological polar surface area (TPSA) is 74.8 Å². The van der Waals surface area contributed by atoms with Crippen LogP contribution in [0.2, 0.25) is 0 Å². The van der Waals surface area contributed by atoms with Gasteiger partial charge in [0.05, 0.1) is 18.8 Å². The number of carbonyl (C=O) groups excluding carboxylic acids is 1. The van der Waals surface area contributed by atoms with E-state index < -0.39 is 5.60 Å². The van der Waals surface area contributed by atoms with E-state index in [0.29, 0.717) is 37.5 Å². The molecule has 1 saturated heterocycles. The standard InChI is InChI=1S/C27H39FN2O4/c1-4-6-9-23-20(3)29-24(26(31)33-5-2)25(23)34-19-8-7-16-30-17-14-27(32,15-18-30)21-10-12-22(28)13-11-21/h10-13,29,32H,4-9,14-19H2,1-3H3. The number of aryl methyl sites for hydroxylation is 1. The van der Waals surface area contributed by atoms with Gasteiger partial charge in [-0.3, -0.25) is 0 Å². The lowest BCUT2D eigenvalue weighted by Crippen LogP contribution is -2.42. The minimum Gasteiger partial charge on any atom is -0.491 e. The van der Waals surface area contributed by atoms with Gasteiger partial charge in [-0.25, -0.2) is 9.18 Å². The van der Waals surface area contributed by atoms with E-state index in [9.17, 15) is 14.3 Å². The number of hydrogen-bond acceptors (Lipinski definition) is 5. The van der Waals surface area contributed by atoms with Crippen LogP contribution in [0.3, 0.4) is 0 Å². The highest BCUT2D eigenvalue weighted by Gasteiger charge is 2.33. The number of rotatable bonds is 12. The maximum Gasteiger partial charge on any atom is 0.358 e. The van der Waals surface area contributed by atoms with Crippen molar-refractivity contribution >= 4 is 5.97 Å². The Labute approximate surface area is 202 Å². The van der Waals surface area contributed by atoms with Gasteiger partial charge >= 0.3 is 5.97 Å². The maximum absolute atomic E-state index is 13.2. The maximum atomic E-state index is 13.2.